The van der Waals surface area contributed by atoms with Crippen LogP contribution in [0.15, 0.2) is 30.5 Å². The summed E-state index contributed by atoms with van der Waals surface area (Å²) in [5.41, 5.74) is 2.05. The molecule has 0 spiro atoms. The van der Waals surface area contributed by atoms with Gasteiger partial charge in [-0.25, -0.2) is 0 Å². The Morgan fingerprint density at radius 2 is 2.12 bits per heavy atom. The number of pyridine rings is 1. The maximum absolute atomic E-state index is 6.05. The third-order valence-electron chi connectivity index (χ3n) is 4.28. The average molecular weight is 350 g/mol. The number of fused-ring (bicyclic) bond motifs is 1. The van der Waals surface area contributed by atoms with Gasteiger partial charge in [0.2, 0.25) is 0 Å². The Labute approximate surface area is 150 Å². The second-order valence-corrected chi connectivity index (χ2v) is 6.57. The van der Waals surface area contributed by atoms with Crippen LogP contribution in [0.5, 0.6) is 0 Å². The first-order valence-corrected chi connectivity index (χ1v) is 9.04. The number of benzene rings is 1. The van der Waals surface area contributed by atoms with Crippen LogP contribution in [-0.2, 0) is 4.74 Å². The van der Waals surface area contributed by atoms with Crippen molar-refractivity contribution in [3.63, 3.8) is 0 Å². The Hall–Kier alpha value is -1.36. The van der Waals surface area contributed by atoms with E-state index in [0.717, 1.165) is 54.3 Å². The molecule has 4 nitrogen and oxygen atoms in total. The van der Waals surface area contributed by atoms with Gasteiger partial charge < -0.3 is 15.0 Å². The fourth-order valence-electron chi connectivity index (χ4n) is 2.85. The number of methoxy groups -OCH3 is 1. The van der Waals surface area contributed by atoms with Crippen molar-refractivity contribution in [3.8, 4) is 0 Å². The number of halogens is 1. The standard InChI is InChI=1S/C19H28ClN3O/c1-4-23(12-13-24-3)11-5-6-15(2)22-18-9-10-21-19-14-16(20)7-8-17(18)19/h7-10,14-15H,4-6,11-13H2,1-3H3,(H,21,22). The predicted molar refractivity (Wildman–Crippen MR) is 103 cm³/mol. The molecule has 1 N–H and O–H groups in total. The summed E-state index contributed by atoms with van der Waals surface area (Å²) in [6.45, 7) is 8.41. The minimum atomic E-state index is 0.410. The van der Waals surface area contributed by atoms with Crippen molar-refractivity contribution in [2.75, 3.05) is 38.7 Å². The van der Waals surface area contributed by atoms with Gasteiger partial charge in [-0.15, -0.1) is 0 Å². The van der Waals surface area contributed by atoms with Crippen LogP contribution >= 0.6 is 11.6 Å². The van der Waals surface area contributed by atoms with Crippen molar-refractivity contribution < 1.29 is 4.74 Å². The summed E-state index contributed by atoms with van der Waals surface area (Å²) in [6, 6.07) is 8.29. The Morgan fingerprint density at radius 3 is 2.88 bits per heavy atom. The molecule has 0 bridgehead atoms. The molecule has 0 aliphatic rings. The molecule has 24 heavy (non-hydrogen) atoms. The first-order valence-electron chi connectivity index (χ1n) is 8.66. The molecule has 0 amide bonds. The average Bonchev–Trinajstić information content (AvgIpc) is 2.57. The van der Waals surface area contributed by atoms with Gasteiger partial charge in [0.25, 0.3) is 0 Å². The van der Waals surface area contributed by atoms with Crippen LogP contribution in [0.25, 0.3) is 10.9 Å². The lowest BCUT2D eigenvalue weighted by Crippen LogP contribution is -2.29. The second kappa shape index (κ2) is 9.82. The predicted octanol–water partition coefficient (Wildman–Crippen LogP) is 4.44. The molecule has 0 aliphatic carbocycles. The van der Waals surface area contributed by atoms with Crippen LogP contribution in [0.3, 0.4) is 0 Å². The lowest BCUT2D eigenvalue weighted by molar-refractivity contribution is 0.149. The molecule has 0 saturated carbocycles. The van der Waals surface area contributed by atoms with E-state index in [4.69, 9.17) is 16.3 Å². The molecule has 0 fully saturated rings. The highest BCUT2D eigenvalue weighted by Gasteiger charge is 2.08. The fraction of sp³-hybridized carbons (Fsp3) is 0.526. The second-order valence-electron chi connectivity index (χ2n) is 6.13. The molecule has 1 atom stereocenters. The molecule has 5 heteroatoms. The van der Waals surface area contributed by atoms with Gasteiger partial charge in [0.05, 0.1) is 12.1 Å². The van der Waals surface area contributed by atoms with Crippen LogP contribution in [0.2, 0.25) is 5.02 Å². The molecule has 132 valence electrons. The normalized spacial score (nSPS) is 12.7. The van der Waals surface area contributed by atoms with Gasteiger partial charge in [-0.05, 0) is 57.1 Å². The Bertz CT molecular complexity index is 635. The molecule has 2 aromatic rings. The van der Waals surface area contributed by atoms with Crippen LogP contribution in [-0.4, -0.2) is 49.3 Å². The Kier molecular flexibility index (Phi) is 7.76. The van der Waals surface area contributed by atoms with E-state index >= 15 is 0 Å². The Morgan fingerprint density at radius 1 is 1.29 bits per heavy atom. The van der Waals surface area contributed by atoms with E-state index in [1.807, 2.05) is 30.5 Å². The summed E-state index contributed by atoms with van der Waals surface area (Å²) >= 11 is 6.05. The quantitative estimate of drug-likeness (QED) is 0.688. The zero-order valence-electron chi connectivity index (χ0n) is 14.9. The van der Waals surface area contributed by atoms with Crippen LogP contribution in [0.1, 0.15) is 26.7 Å². The highest BCUT2D eigenvalue weighted by atomic mass is 35.5. The minimum absolute atomic E-state index is 0.410. The zero-order chi connectivity index (χ0) is 17.4. The summed E-state index contributed by atoms with van der Waals surface area (Å²) in [5, 5.41) is 5.45. The molecule has 1 aromatic heterocycles. The maximum atomic E-state index is 6.05. The third kappa shape index (κ3) is 5.62. The third-order valence-corrected chi connectivity index (χ3v) is 4.51. The SMILES string of the molecule is CCN(CCCC(C)Nc1ccnc2cc(Cl)ccc12)CCOC. The summed E-state index contributed by atoms with van der Waals surface area (Å²) in [7, 11) is 1.76. The summed E-state index contributed by atoms with van der Waals surface area (Å²) in [6.07, 6.45) is 4.12. The molecular weight excluding hydrogens is 322 g/mol. The number of nitrogens with one attached hydrogen (secondary N) is 1. The lowest BCUT2D eigenvalue weighted by atomic mass is 10.1. The summed E-state index contributed by atoms with van der Waals surface area (Å²) in [5.74, 6) is 0. The first kappa shape index (κ1) is 19.0. The number of likely N-dealkylation sites (N-methyl/N-ethyl adjacent to an activating group) is 1. The molecule has 1 aromatic carbocycles. The largest absolute Gasteiger partial charge is 0.383 e. The lowest BCUT2D eigenvalue weighted by Gasteiger charge is -2.22. The van der Waals surface area contributed by atoms with Gasteiger partial charge in [-0.2, -0.15) is 0 Å². The molecule has 2 rings (SSSR count). The smallest absolute Gasteiger partial charge is 0.0737 e. The number of ether oxygens (including phenoxy) is 1. The maximum Gasteiger partial charge on any atom is 0.0737 e. The molecule has 0 radical (unpaired) electrons. The summed E-state index contributed by atoms with van der Waals surface area (Å²) in [4.78, 5) is 6.82. The summed E-state index contributed by atoms with van der Waals surface area (Å²) < 4.78 is 5.16. The zero-order valence-corrected chi connectivity index (χ0v) is 15.6. The minimum Gasteiger partial charge on any atom is -0.383 e. The highest BCUT2D eigenvalue weighted by molar-refractivity contribution is 6.31. The van der Waals surface area contributed by atoms with E-state index in [1.54, 1.807) is 7.11 Å². The van der Waals surface area contributed by atoms with Crippen molar-refractivity contribution >= 4 is 28.2 Å². The first-order chi connectivity index (χ1) is 11.6. The fourth-order valence-corrected chi connectivity index (χ4v) is 3.02. The monoisotopic (exact) mass is 349 g/mol. The van der Waals surface area contributed by atoms with E-state index in [-0.39, 0.29) is 0 Å². The number of hydrogen-bond acceptors (Lipinski definition) is 4. The van der Waals surface area contributed by atoms with Gasteiger partial charge in [0.1, 0.15) is 0 Å². The van der Waals surface area contributed by atoms with Crippen LogP contribution < -0.4 is 5.32 Å². The van der Waals surface area contributed by atoms with Crippen molar-refractivity contribution in [2.24, 2.45) is 0 Å². The van der Waals surface area contributed by atoms with Crippen LogP contribution in [0.4, 0.5) is 5.69 Å². The van der Waals surface area contributed by atoms with E-state index in [1.165, 1.54) is 6.42 Å². The van der Waals surface area contributed by atoms with Gasteiger partial charge in [0.15, 0.2) is 0 Å². The van der Waals surface area contributed by atoms with Crippen molar-refractivity contribution in [1.29, 1.82) is 0 Å². The number of rotatable bonds is 10. The highest BCUT2D eigenvalue weighted by Crippen LogP contribution is 2.25. The topological polar surface area (TPSA) is 37.4 Å². The Balaban J connectivity index is 1.87. The van der Waals surface area contributed by atoms with Crippen molar-refractivity contribution in [1.82, 2.24) is 9.88 Å². The van der Waals surface area contributed by atoms with Crippen molar-refractivity contribution in [3.05, 3.63) is 35.5 Å². The van der Waals surface area contributed by atoms with E-state index in [0.29, 0.717) is 6.04 Å². The number of aromatic nitrogens is 1. The van der Waals surface area contributed by atoms with Gasteiger partial charge in [0, 0.05) is 42.0 Å². The van der Waals surface area contributed by atoms with Gasteiger partial charge in [-0.3, -0.25) is 4.98 Å². The molecule has 0 aliphatic heterocycles. The number of hydrogen-bond donors (Lipinski definition) is 1. The van der Waals surface area contributed by atoms with E-state index < -0.39 is 0 Å². The van der Waals surface area contributed by atoms with Crippen molar-refractivity contribution in [2.45, 2.75) is 32.7 Å². The molecule has 0 saturated heterocycles. The molecule has 1 heterocycles. The number of nitrogens with zero attached hydrogens (tertiary/aromatic N) is 2. The van der Waals surface area contributed by atoms with Gasteiger partial charge in [-0.1, -0.05) is 18.5 Å². The van der Waals surface area contributed by atoms with Crippen LogP contribution in [0, 0.1) is 0 Å². The van der Waals surface area contributed by atoms with Gasteiger partial charge >= 0.3 is 0 Å². The molecular formula is C19H28ClN3O. The van der Waals surface area contributed by atoms with E-state index in [2.05, 4.69) is 29.0 Å². The molecule has 1 unspecified atom stereocenters. The van der Waals surface area contributed by atoms with E-state index in [9.17, 15) is 0 Å². The number of anilines is 1.